The van der Waals surface area contributed by atoms with Gasteiger partial charge in [0.2, 0.25) is 0 Å². The van der Waals surface area contributed by atoms with Crippen molar-refractivity contribution in [2.45, 2.75) is 56.6 Å². The number of benzene rings is 3. The Morgan fingerprint density at radius 2 is 1.18 bits per heavy atom. The van der Waals surface area contributed by atoms with Gasteiger partial charge < -0.3 is 38.6 Å². The van der Waals surface area contributed by atoms with Crippen molar-refractivity contribution in [3.8, 4) is 5.75 Å². The number of methoxy groups -OCH3 is 2. The number of hydrogen-bond donors (Lipinski definition) is 2. The summed E-state index contributed by atoms with van der Waals surface area (Å²) in [7, 11) is 3.13. The third-order valence-corrected chi connectivity index (χ3v) is 6.50. The zero-order valence-electron chi connectivity index (χ0n) is 21.7. The first-order valence-corrected chi connectivity index (χ1v) is 12.7. The minimum absolute atomic E-state index is 0.261. The molecule has 38 heavy (non-hydrogen) atoms. The Kier molecular flexibility index (Phi) is 10.7. The fourth-order valence-electron chi connectivity index (χ4n) is 4.44. The van der Waals surface area contributed by atoms with Gasteiger partial charge in [-0.3, -0.25) is 0 Å². The minimum atomic E-state index is -1.21. The van der Waals surface area contributed by atoms with Crippen LogP contribution in [0.5, 0.6) is 5.75 Å². The Bertz CT molecular complexity index is 1060. The van der Waals surface area contributed by atoms with Gasteiger partial charge in [-0.2, -0.15) is 0 Å². The van der Waals surface area contributed by atoms with E-state index >= 15 is 0 Å². The lowest BCUT2D eigenvalue weighted by atomic mass is 9.94. The van der Waals surface area contributed by atoms with Crippen molar-refractivity contribution in [1.82, 2.24) is 0 Å². The van der Waals surface area contributed by atoms with E-state index in [4.69, 9.17) is 28.4 Å². The maximum atomic E-state index is 10.7. The number of aliphatic hydroxyl groups excluding tert-OH is 2. The van der Waals surface area contributed by atoms with Gasteiger partial charge in [0.05, 0.1) is 33.5 Å². The molecule has 6 atom stereocenters. The van der Waals surface area contributed by atoms with Crippen LogP contribution < -0.4 is 4.74 Å². The fourth-order valence-corrected chi connectivity index (χ4v) is 4.44. The largest absolute Gasteiger partial charge is 0.497 e. The lowest BCUT2D eigenvalue weighted by Crippen LogP contribution is -2.63. The fraction of sp³-hybridized carbons (Fsp3) is 0.400. The van der Waals surface area contributed by atoms with E-state index in [0.717, 1.165) is 22.4 Å². The standard InChI is InChI=1S/C30H36O8/c1-33-24-15-13-23(14-16-24)20-37-29-28(36-19-22-11-7-4-8-12-22)27(35-18-21-9-5-3-6-10-21)26(25(32)17-31)38-30(29)34-2/h3-16,25-32H,17-20H2,1-2H3/t25-,26-,27-,28+,29+,30+/m1/s1. The van der Waals surface area contributed by atoms with Crippen LogP contribution in [-0.2, 0) is 43.5 Å². The third-order valence-electron chi connectivity index (χ3n) is 6.50. The molecule has 0 amide bonds. The predicted octanol–water partition coefficient (Wildman–Crippen LogP) is 3.48. The molecule has 1 fully saturated rings. The van der Waals surface area contributed by atoms with Gasteiger partial charge in [0.25, 0.3) is 0 Å². The maximum absolute atomic E-state index is 10.7. The summed E-state index contributed by atoms with van der Waals surface area (Å²) in [5.74, 6) is 0.754. The Morgan fingerprint density at radius 1 is 0.684 bits per heavy atom. The van der Waals surface area contributed by atoms with Crippen LogP contribution in [-0.4, -0.2) is 67.8 Å². The highest BCUT2D eigenvalue weighted by atomic mass is 16.7. The summed E-state index contributed by atoms with van der Waals surface area (Å²) in [5.41, 5.74) is 2.86. The van der Waals surface area contributed by atoms with Gasteiger partial charge in [-0.25, -0.2) is 0 Å². The Morgan fingerprint density at radius 3 is 1.68 bits per heavy atom. The van der Waals surface area contributed by atoms with Gasteiger partial charge >= 0.3 is 0 Å². The quantitative estimate of drug-likeness (QED) is 0.351. The van der Waals surface area contributed by atoms with Crippen LogP contribution in [0.3, 0.4) is 0 Å². The van der Waals surface area contributed by atoms with Gasteiger partial charge in [0, 0.05) is 7.11 Å². The van der Waals surface area contributed by atoms with E-state index in [9.17, 15) is 10.2 Å². The van der Waals surface area contributed by atoms with E-state index in [1.807, 2.05) is 84.9 Å². The Labute approximate surface area is 223 Å². The molecule has 0 spiro atoms. The van der Waals surface area contributed by atoms with E-state index in [1.54, 1.807) is 7.11 Å². The van der Waals surface area contributed by atoms with Gasteiger partial charge in [-0.1, -0.05) is 72.8 Å². The number of rotatable bonds is 13. The molecule has 3 aromatic carbocycles. The van der Waals surface area contributed by atoms with Gasteiger partial charge in [-0.05, 0) is 28.8 Å². The monoisotopic (exact) mass is 524 g/mol. The highest BCUT2D eigenvalue weighted by Crippen LogP contribution is 2.32. The Hall–Kier alpha value is -2.82. The molecule has 0 radical (unpaired) electrons. The molecule has 0 aromatic heterocycles. The summed E-state index contributed by atoms with van der Waals surface area (Å²) < 4.78 is 36.2. The van der Waals surface area contributed by atoms with Crippen molar-refractivity contribution in [1.29, 1.82) is 0 Å². The highest BCUT2D eigenvalue weighted by Gasteiger charge is 2.50. The summed E-state index contributed by atoms with van der Waals surface area (Å²) in [6.07, 6.45) is -5.10. The third kappa shape index (κ3) is 7.39. The molecule has 8 heteroatoms. The summed E-state index contributed by atoms with van der Waals surface area (Å²) in [6, 6.07) is 27.1. The van der Waals surface area contributed by atoms with Crippen molar-refractivity contribution in [3.63, 3.8) is 0 Å². The molecule has 8 nitrogen and oxygen atoms in total. The lowest BCUT2D eigenvalue weighted by Gasteiger charge is -2.46. The molecule has 4 rings (SSSR count). The van der Waals surface area contributed by atoms with Crippen LogP contribution in [0.15, 0.2) is 84.9 Å². The predicted molar refractivity (Wildman–Crippen MR) is 140 cm³/mol. The van der Waals surface area contributed by atoms with Crippen LogP contribution in [0.2, 0.25) is 0 Å². The zero-order valence-corrected chi connectivity index (χ0v) is 21.7. The van der Waals surface area contributed by atoms with Crippen molar-refractivity contribution in [2.75, 3.05) is 20.8 Å². The van der Waals surface area contributed by atoms with E-state index in [0.29, 0.717) is 0 Å². The Balaban J connectivity index is 1.60. The number of hydrogen-bond acceptors (Lipinski definition) is 8. The SMILES string of the molecule is COc1ccc(CO[C@@H]2[C@@H](OC)O[C@H]([C@H](O)CO)[C@@H](OCc3ccccc3)[C@@H]2OCc2ccccc2)cc1. The van der Waals surface area contributed by atoms with Crippen LogP contribution in [0.1, 0.15) is 16.7 Å². The van der Waals surface area contributed by atoms with Crippen LogP contribution in [0, 0.1) is 0 Å². The van der Waals surface area contributed by atoms with Gasteiger partial charge in [0.15, 0.2) is 6.29 Å². The second-order valence-electron chi connectivity index (χ2n) is 9.10. The second kappa shape index (κ2) is 14.4. The van der Waals surface area contributed by atoms with E-state index in [2.05, 4.69) is 0 Å². The molecule has 204 valence electrons. The first-order valence-electron chi connectivity index (χ1n) is 12.7. The molecule has 3 aromatic rings. The molecule has 1 saturated heterocycles. The molecule has 1 heterocycles. The van der Waals surface area contributed by atoms with Crippen molar-refractivity contribution >= 4 is 0 Å². The summed E-state index contributed by atoms with van der Waals surface area (Å²) in [6.45, 7) is 0.311. The van der Waals surface area contributed by atoms with E-state index in [-0.39, 0.29) is 19.8 Å². The second-order valence-corrected chi connectivity index (χ2v) is 9.10. The summed E-state index contributed by atoms with van der Waals surface area (Å²) >= 11 is 0. The first-order chi connectivity index (χ1) is 18.6. The van der Waals surface area contributed by atoms with Crippen molar-refractivity contribution < 1.29 is 38.6 Å². The van der Waals surface area contributed by atoms with Crippen molar-refractivity contribution in [2.24, 2.45) is 0 Å². The van der Waals surface area contributed by atoms with Gasteiger partial charge in [-0.15, -0.1) is 0 Å². The van der Waals surface area contributed by atoms with E-state index in [1.165, 1.54) is 7.11 Å². The average Bonchev–Trinajstić information content (AvgIpc) is 2.98. The van der Waals surface area contributed by atoms with Crippen LogP contribution in [0.4, 0.5) is 0 Å². The van der Waals surface area contributed by atoms with E-state index < -0.39 is 43.4 Å². The molecule has 0 saturated carbocycles. The molecular weight excluding hydrogens is 488 g/mol. The lowest BCUT2D eigenvalue weighted by molar-refractivity contribution is -0.330. The smallest absolute Gasteiger partial charge is 0.186 e. The van der Waals surface area contributed by atoms with Gasteiger partial charge in [0.1, 0.15) is 36.3 Å². The number of aliphatic hydroxyl groups is 2. The maximum Gasteiger partial charge on any atom is 0.186 e. The molecular formula is C30H36O8. The molecule has 2 N–H and O–H groups in total. The summed E-state index contributed by atoms with van der Waals surface area (Å²) in [5, 5.41) is 20.5. The zero-order chi connectivity index (χ0) is 26.7. The minimum Gasteiger partial charge on any atom is -0.497 e. The molecule has 1 aliphatic rings. The molecule has 1 aliphatic heterocycles. The van der Waals surface area contributed by atoms with Crippen molar-refractivity contribution in [3.05, 3.63) is 102 Å². The average molecular weight is 525 g/mol. The molecule has 0 unspecified atom stereocenters. The topological polar surface area (TPSA) is 95.8 Å². The molecule has 0 bridgehead atoms. The number of ether oxygens (including phenoxy) is 6. The molecule has 0 aliphatic carbocycles. The first kappa shape index (κ1) is 28.2. The highest BCUT2D eigenvalue weighted by molar-refractivity contribution is 5.26. The van der Waals surface area contributed by atoms with Crippen LogP contribution >= 0.6 is 0 Å². The normalized spacial score (nSPS) is 24.2. The summed E-state index contributed by atoms with van der Waals surface area (Å²) in [4.78, 5) is 0. The van der Waals surface area contributed by atoms with Crippen LogP contribution in [0.25, 0.3) is 0 Å².